The van der Waals surface area contributed by atoms with Gasteiger partial charge in [-0.15, -0.1) is 0 Å². The zero-order valence-corrected chi connectivity index (χ0v) is 13.4. The molecule has 0 spiro atoms. The molecule has 2 aromatic rings. The van der Waals surface area contributed by atoms with Gasteiger partial charge in [0.25, 0.3) is 5.56 Å². The predicted octanol–water partition coefficient (Wildman–Crippen LogP) is 0.459. The lowest BCUT2D eigenvalue weighted by atomic mass is 10.2. The second-order valence-electron chi connectivity index (χ2n) is 5.35. The first-order chi connectivity index (χ1) is 10.9. The van der Waals surface area contributed by atoms with E-state index in [9.17, 15) is 9.59 Å². The van der Waals surface area contributed by atoms with E-state index in [-0.39, 0.29) is 17.9 Å². The van der Waals surface area contributed by atoms with Crippen LogP contribution in [0.4, 0.5) is 0 Å². The SMILES string of the molecule is CN(N=N)C(=N)CCCCn1c(=O)c2c(ncn2C)n(C)c1=O. The lowest BCUT2D eigenvalue weighted by Crippen LogP contribution is -2.39. The molecule has 2 rings (SSSR count). The van der Waals surface area contributed by atoms with Gasteiger partial charge in [0.15, 0.2) is 11.2 Å². The molecular formula is C13H20N8O2. The molecule has 0 aliphatic rings. The Morgan fingerprint density at radius 2 is 2.04 bits per heavy atom. The van der Waals surface area contributed by atoms with Crippen LogP contribution in [-0.2, 0) is 20.6 Å². The highest BCUT2D eigenvalue weighted by Crippen LogP contribution is 2.05. The third-order valence-corrected chi connectivity index (χ3v) is 3.79. The van der Waals surface area contributed by atoms with Gasteiger partial charge in [-0.1, -0.05) is 5.22 Å². The highest BCUT2D eigenvalue weighted by atomic mass is 16.2. The second-order valence-corrected chi connectivity index (χ2v) is 5.35. The maximum Gasteiger partial charge on any atom is 0.332 e. The summed E-state index contributed by atoms with van der Waals surface area (Å²) in [5.41, 5.74) is 6.85. The van der Waals surface area contributed by atoms with Crippen molar-refractivity contribution in [3.8, 4) is 0 Å². The number of imidazole rings is 1. The largest absolute Gasteiger partial charge is 0.332 e. The summed E-state index contributed by atoms with van der Waals surface area (Å²) in [4.78, 5) is 28.8. The number of nitrogens with zero attached hydrogens (tertiary/aromatic N) is 6. The fourth-order valence-electron chi connectivity index (χ4n) is 2.38. The van der Waals surface area contributed by atoms with Crippen molar-refractivity contribution in [2.45, 2.75) is 25.8 Å². The maximum atomic E-state index is 12.5. The van der Waals surface area contributed by atoms with Gasteiger partial charge in [-0.2, -0.15) is 5.53 Å². The summed E-state index contributed by atoms with van der Waals surface area (Å²) >= 11 is 0. The second kappa shape index (κ2) is 6.55. The Morgan fingerprint density at radius 3 is 2.70 bits per heavy atom. The van der Waals surface area contributed by atoms with Crippen LogP contribution < -0.4 is 11.2 Å². The van der Waals surface area contributed by atoms with Crippen molar-refractivity contribution in [2.75, 3.05) is 7.05 Å². The van der Waals surface area contributed by atoms with Crippen LogP contribution in [-0.4, -0.2) is 36.6 Å². The van der Waals surface area contributed by atoms with E-state index in [4.69, 9.17) is 10.9 Å². The number of hydrogen-bond donors (Lipinski definition) is 2. The average molecular weight is 320 g/mol. The van der Waals surface area contributed by atoms with Crippen molar-refractivity contribution in [3.63, 3.8) is 0 Å². The Labute approximate surface area is 132 Å². The van der Waals surface area contributed by atoms with Crippen molar-refractivity contribution in [2.24, 2.45) is 19.3 Å². The summed E-state index contributed by atoms with van der Waals surface area (Å²) in [5.74, 6) is 0.224. The van der Waals surface area contributed by atoms with Crippen LogP contribution in [0.3, 0.4) is 0 Å². The summed E-state index contributed by atoms with van der Waals surface area (Å²) < 4.78 is 4.17. The predicted molar refractivity (Wildman–Crippen MR) is 84.7 cm³/mol. The van der Waals surface area contributed by atoms with E-state index in [0.29, 0.717) is 30.4 Å². The van der Waals surface area contributed by atoms with E-state index >= 15 is 0 Å². The first-order valence-corrected chi connectivity index (χ1v) is 7.17. The number of aryl methyl sites for hydroxylation is 2. The van der Waals surface area contributed by atoms with E-state index in [1.807, 2.05) is 0 Å². The van der Waals surface area contributed by atoms with E-state index in [1.54, 1.807) is 18.7 Å². The zero-order chi connectivity index (χ0) is 17.1. The fraction of sp³-hybridized carbons (Fsp3) is 0.538. The van der Waals surface area contributed by atoms with Gasteiger partial charge in [0.2, 0.25) is 0 Å². The highest BCUT2D eigenvalue weighted by molar-refractivity contribution is 5.78. The minimum absolute atomic E-state index is 0.224. The molecule has 0 bridgehead atoms. The van der Waals surface area contributed by atoms with Crippen molar-refractivity contribution in [1.82, 2.24) is 23.7 Å². The van der Waals surface area contributed by atoms with Gasteiger partial charge in [-0.3, -0.25) is 19.3 Å². The van der Waals surface area contributed by atoms with Crippen LogP contribution in [0.25, 0.3) is 11.2 Å². The van der Waals surface area contributed by atoms with E-state index in [1.165, 1.54) is 27.5 Å². The summed E-state index contributed by atoms with van der Waals surface area (Å²) in [6.45, 7) is 0.279. The summed E-state index contributed by atoms with van der Waals surface area (Å²) in [5, 5.41) is 12.0. The number of hydrogen-bond acceptors (Lipinski definition) is 6. The number of amidine groups is 1. The normalized spacial score (nSPS) is 10.9. The molecule has 2 heterocycles. The summed E-state index contributed by atoms with van der Waals surface area (Å²) in [7, 11) is 4.84. The topological polar surface area (TPSA) is 125 Å². The van der Waals surface area contributed by atoms with Gasteiger partial charge in [0, 0.05) is 34.1 Å². The van der Waals surface area contributed by atoms with Gasteiger partial charge in [0.1, 0.15) is 5.84 Å². The first-order valence-electron chi connectivity index (χ1n) is 7.17. The van der Waals surface area contributed by atoms with E-state index in [2.05, 4.69) is 10.2 Å². The van der Waals surface area contributed by atoms with Crippen LogP contribution in [0, 0.1) is 10.9 Å². The van der Waals surface area contributed by atoms with Gasteiger partial charge < -0.3 is 4.57 Å². The molecule has 0 aliphatic carbocycles. The van der Waals surface area contributed by atoms with Crippen molar-refractivity contribution >= 4 is 17.0 Å². The van der Waals surface area contributed by atoms with Crippen LogP contribution in [0.1, 0.15) is 19.3 Å². The molecule has 0 saturated heterocycles. The van der Waals surface area contributed by atoms with Crippen LogP contribution in [0.15, 0.2) is 21.1 Å². The molecule has 10 heteroatoms. The molecular weight excluding hydrogens is 300 g/mol. The fourth-order valence-corrected chi connectivity index (χ4v) is 2.38. The molecule has 0 saturated carbocycles. The zero-order valence-electron chi connectivity index (χ0n) is 13.4. The monoisotopic (exact) mass is 320 g/mol. The minimum Gasteiger partial charge on any atom is -0.328 e. The molecule has 23 heavy (non-hydrogen) atoms. The van der Waals surface area contributed by atoms with Gasteiger partial charge >= 0.3 is 5.69 Å². The molecule has 0 aromatic carbocycles. The Balaban J connectivity index is 2.17. The molecule has 0 amide bonds. The van der Waals surface area contributed by atoms with Gasteiger partial charge in [-0.25, -0.2) is 14.8 Å². The van der Waals surface area contributed by atoms with Gasteiger partial charge in [-0.05, 0) is 12.8 Å². The Kier molecular flexibility index (Phi) is 4.72. The standard InChI is InChI=1S/C13H20N8O2/c1-18-8-16-11-10(18)12(22)21(13(23)19(11)2)7-5-4-6-9(14)20(3)17-15/h8,14-15H,4-7H2,1-3H3. The molecule has 0 radical (unpaired) electrons. The maximum absolute atomic E-state index is 12.5. The van der Waals surface area contributed by atoms with E-state index < -0.39 is 5.69 Å². The summed E-state index contributed by atoms with van der Waals surface area (Å²) in [6, 6.07) is 0. The highest BCUT2D eigenvalue weighted by Gasteiger charge is 2.14. The van der Waals surface area contributed by atoms with Crippen LogP contribution in [0.5, 0.6) is 0 Å². The minimum atomic E-state index is -0.394. The lowest BCUT2D eigenvalue weighted by Gasteiger charge is -2.12. The number of aromatic nitrogens is 4. The quantitative estimate of drug-likeness (QED) is 0.264. The molecule has 0 atom stereocenters. The van der Waals surface area contributed by atoms with Crippen molar-refractivity contribution in [1.29, 1.82) is 10.9 Å². The van der Waals surface area contributed by atoms with E-state index in [0.717, 1.165) is 0 Å². The first kappa shape index (κ1) is 16.6. The summed E-state index contributed by atoms with van der Waals surface area (Å²) in [6.07, 6.45) is 3.14. The third-order valence-electron chi connectivity index (χ3n) is 3.79. The van der Waals surface area contributed by atoms with Crippen molar-refractivity contribution in [3.05, 3.63) is 27.2 Å². The number of nitrogens with one attached hydrogen (secondary N) is 2. The Hall–Kier alpha value is -2.78. The van der Waals surface area contributed by atoms with Gasteiger partial charge in [0.05, 0.1) is 6.33 Å². The number of unbranched alkanes of at least 4 members (excludes halogenated alkanes) is 1. The van der Waals surface area contributed by atoms with Crippen LogP contribution in [0.2, 0.25) is 0 Å². The number of fused-ring (bicyclic) bond motifs is 1. The molecule has 0 fully saturated rings. The van der Waals surface area contributed by atoms with Crippen molar-refractivity contribution < 1.29 is 0 Å². The Bertz CT molecular complexity index is 859. The molecule has 124 valence electrons. The lowest BCUT2D eigenvalue weighted by molar-refractivity contribution is 0.465. The molecule has 10 nitrogen and oxygen atoms in total. The number of rotatable bonds is 6. The molecule has 2 N–H and O–H groups in total. The molecule has 0 unspecified atom stereocenters. The third kappa shape index (κ3) is 3.05. The Morgan fingerprint density at radius 1 is 1.35 bits per heavy atom. The average Bonchev–Trinajstić information content (AvgIpc) is 2.93. The molecule has 2 aromatic heterocycles. The smallest absolute Gasteiger partial charge is 0.328 e. The van der Waals surface area contributed by atoms with Crippen LogP contribution >= 0.6 is 0 Å². The molecule has 0 aliphatic heterocycles.